The molecular formula is C30H21N3. The molecule has 7 rings (SSSR count). The molecule has 0 aliphatic rings. The molecule has 3 aromatic heterocycles. The molecule has 33 heavy (non-hydrogen) atoms. The van der Waals surface area contributed by atoms with Crippen LogP contribution >= 0.6 is 0 Å². The quantitative estimate of drug-likeness (QED) is 0.282. The van der Waals surface area contributed by atoms with Crippen LogP contribution in [0.15, 0.2) is 109 Å². The normalized spacial score (nSPS) is 11.8. The molecule has 0 aliphatic heterocycles. The van der Waals surface area contributed by atoms with E-state index in [2.05, 4.69) is 125 Å². The number of benzene rings is 4. The Morgan fingerprint density at radius 2 is 1.18 bits per heavy atom. The number of hydrogen-bond donors (Lipinski definition) is 0. The van der Waals surface area contributed by atoms with Gasteiger partial charge >= 0.3 is 0 Å². The van der Waals surface area contributed by atoms with Crippen LogP contribution < -0.4 is 0 Å². The Hall–Kier alpha value is -4.37. The Morgan fingerprint density at radius 1 is 0.545 bits per heavy atom. The van der Waals surface area contributed by atoms with Gasteiger partial charge in [0.1, 0.15) is 0 Å². The minimum atomic E-state index is 0.987. The lowest BCUT2D eigenvalue weighted by Crippen LogP contribution is -1.95. The molecule has 0 aliphatic carbocycles. The van der Waals surface area contributed by atoms with Crippen molar-refractivity contribution in [3.05, 3.63) is 109 Å². The first-order valence-electron chi connectivity index (χ1n) is 11.2. The largest absolute Gasteiger partial charge is 0.342 e. The molecule has 3 heterocycles. The SMILES string of the molecule is Cn1c2ccccc2c2nc(-c3cccc(-n4c5ccccc5c5ccccc54)c3)ccc21. The van der Waals surface area contributed by atoms with Crippen molar-refractivity contribution in [1.29, 1.82) is 0 Å². The van der Waals surface area contributed by atoms with Gasteiger partial charge in [0.05, 0.1) is 33.3 Å². The van der Waals surface area contributed by atoms with Gasteiger partial charge in [0.25, 0.3) is 0 Å². The van der Waals surface area contributed by atoms with Gasteiger partial charge in [-0.2, -0.15) is 0 Å². The van der Waals surface area contributed by atoms with E-state index in [-0.39, 0.29) is 0 Å². The average Bonchev–Trinajstić information content (AvgIpc) is 3.37. The van der Waals surface area contributed by atoms with E-state index in [1.54, 1.807) is 0 Å². The molecule has 0 atom stereocenters. The predicted molar refractivity (Wildman–Crippen MR) is 138 cm³/mol. The summed E-state index contributed by atoms with van der Waals surface area (Å²) in [6.45, 7) is 0. The fourth-order valence-corrected chi connectivity index (χ4v) is 5.18. The Bertz CT molecular complexity index is 1780. The summed E-state index contributed by atoms with van der Waals surface area (Å²) in [5, 5.41) is 3.73. The minimum absolute atomic E-state index is 0.987. The van der Waals surface area contributed by atoms with Crippen LogP contribution in [0, 0.1) is 0 Å². The highest BCUT2D eigenvalue weighted by Gasteiger charge is 2.14. The zero-order valence-electron chi connectivity index (χ0n) is 18.2. The van der Waals surface area contributed by atoms with Crippen LogP contribution in [0.3, 0.4) is 0 Å². The minimum Gasteiger partial charge on any atom is -0.342 e. The van der Waals surface area contributed by atoms with E-state index in [1.807, 2.05) is 0 Å². The lowest BCUT2D eigenvalue weighted by molar-refractivity contribution is 1.01. The number of hydrogen-bond acceptors (Lipinski definition) is 1. The molecule has 0 unspecified atom stereocenters. The van der Waals surface area contributed by atoms with Gasteiger partial charge in [-0.1, -0.05) is 66.7 Å². The molecule has 0 N–H and O–H groups in total. The first kappa shape index (κ1) is 18.2. The zero-order chi connectivity index (χ0) is 21.9. The van der Waals surface area contributed by atoms with E-state index >= 15 is 0 Å². The Morgan fingerprint density at radius 3 is 1.91 bits per heavy atom. The van der Waals surface area contributed by atoms with Crippen LogP contribution in [0.25, 0.3) is 60.7 Å². The molecule has 0 amide bonds. The zero-order valence-corrected chi connectivity index (χ0v) is 18.2. The van der Waals surface area contributed by atoms with E-state index in [0.717, 1.165) is 28.0 Å². The van der Waals surface area contributed by atoms with E-state index in [1.165, 1.54) is 32.7 Å². The van der Waals surface area contributed by atoms with Gasteiger partial charge in [-0.3, -0.25) is 0 Å². The third-order valence-corrected chi connectivity index (χ3v) is 6.74. The lowest BCUT2D eigenvalue weighted by Gasteiger charge is -2.10. The summed E-state index contributed by atoms with van der Waals surface area (Å²) in [5.41, 5.74) is 9.08. The van der Waals surface area contributed by atoms with Crippen LogP contribution in [-0.4, -0.2) is 14.1 Å². The molecule has 0 bridgehead atoms. The highest BCUT2D eigenvalue weighted by atomic mass is 15.0. The van der Waals surface area contributed by atoms with Crippen molar-refractivity contribution in [3.8, 4) is 16.9 Å². The predicted octanol–water partition coefficient (Wildman–Crippen LogP) is 7.49. The van der Waals surface area contributed by atoms with Crippen molar-refractivity contribution < 1.29 is 0 Å². The average molecular weight is 424 g/mol. The van der Waals surface area contributed by atoms with Gasteiger partial charge in [-0.15, -0.1) is 0 Å². The van der Waals surface area contributed by atoms with Crippen LogP contribution in [0.5, 0.6) is 0 Å². The summed E-state index contributed by atoms with van der Waals surface area (Å²) in [6, 6.07) is 38.7. The molecule has 3 nitrogen and oxygen atoms in total. The Kier molecular flexibility index (Phi) is 3.76. The first-order valence-corrected chi connectivity index (χ1v) is 11.2. The second-order valence-corrected chi connectivity index (χ2v) is 8.56. The summed E-state index contributed by atoms with van der Waals surface area (Å²) in [7, 11) is 2.11. The van der Waals surface area contributed by atoms with Crippen molar-refractivity contribution in [1.82, 2.24) is 14.1 Å². The molecule has 156 valence electrons. The molecule has 7 aromatic rings. The molecular weight excluding hydrogens is 402 g/mol. The summed E-state index contributed by atoms with van der Waals surface area (Å²) in [6.07, 6.45) is 0. The maximum Gasteiger partial charge on any atom is 0.0967 e. The van der Waals surface area contributed by atoms with Crippen LogP contribution in [0.1, 0.15) is 0 Å². The van der Waals surface area contributed by atoms with Crippen LogP contribution in [0.4, 0.5) is 0 Å². The number of pyridine rings is 1. The number of para-hydroxylation sites is 3. The Balaban J connectivity index is 1.46. The highest BCUT2D eigenvalue weighted by Crippen LogP contribution is 2.34. The van der Waals surface area contributed by atoms with Gasteiger partial charge in [0, 0.05) is 34.5 Å². The van der Waals surface area contributed by atoms with Gasteiger partial charge < -0.3 is 9.13 Å². The van der Waals surface area contributed by atoms with Crippen LogP contribution in [-0.2, 0) is 7.05 Å². The summed E-state index contributed by atoms with van der Waals surface area (Å²) >= 11 is 0. The standard InChI is InChI=1S/C30H21N3/c1-32-26-14-5-4-13-24(26)30-29(32)18-17-25(31-30)20-9-8-10-21(19-20)33-27-15-6-2-11-22(27)23-12-3-7-16-28(23)33/h2-19H,1H3. The van der Waals surface area contributed by atoms with E-state index in [9.17, 15) is 0 Å². The third kappa shape index (κ3) is 2.60. The topological polar surface area (TPSA) is 22.8 Å². The van der Waals surface area contributed by atoms with E-state index in [4.69, 9.17) is 4.98 Å². The summed E-state index contributed by atoms with van der Waals surface area (Å²) < 4.78 is 4.57. The maximum atomic E-state index is 5.11. The van der Waals surface area contributed by atoms with Crippen molar-refractivity contribution in [3.63, 3.8) is 0 Å². The smallest absolute Gasteiger partial charge is 0.0967 e. The molecule has 3 heteroatoms. The monoisotopic (exact) mass is 423 g/mol. The second-order valence-electron chi connectivity index (χ2n) is 8.56. The number of nitrogens with zero attached hydrogens (tertiary/aromatic N) is 3. The first-order chi connectivity index (χ1) is 16.3. The lowest BCUT2D eigenvalue weighted by atomic mass is 10.1. The van der Waals surface area contributed by atoms with E-state index < -0.39 is 0 Å². The van der Waals surface area contributed by atoms with Crippen molar-refractivity contribution in [2.75, 3.05) is 0 Å². The molecule has 0 radical (unpaired) electrons. The van der Waals surface area contributed by atoms with Gasteiger partial charge in [-0.25, -0.2) is 4.98 Å². The molecule has 0 saturated heterocycles. The number of fused-ring (bicyclic) bond motifs is 6. The van der Waals surface area contributed by atoms with Crippen molar-refractivity contribution >= 4 is 43.7 Å². The van der Waals surface area contributed by atoms with Crippen molar-refractivity contribution in [2.24, 2.45) is 7.05 Å². The van der Waals surface area contributed by atoms with Crippen LogP contribution in [0.2, 0.25) is 0 Å². The Labute approximate surface area is 191 Å². The van der Waals surface area contributed by atoms with Gasteiger partial charge in [0.2, 0.25) is 0 Å². The number of rotatable bonds is 2. The molecule has 0 saturated carbocycles. The van der Waals surface area contributed by atoms with E-state index in [0.29, 0.717) is 0 Å². The van der Waals surface area contributed by atoms with Crippen molar-refractivity contribution in [2.45, 2.75) is 0 Å². The number of aryl methyl sites for hydroxylation is 1. The molecule has 4 aromatic carbocycles. The fraction of sp³-hybridized carbons (Fsp3) is 0.0333. The maximum absolute atomic E-state index is 5.11. The molecule has 0 spiro atoms. The highest BCUT2D eigenvalue weighted by molar-refractivity contribution is 6.09. The molecule has 0 fully saturated rings. The third-order valence-electron chi connectivity index (χ3n) is 6.74. The van der Waals surface area contributed by atoms with Gasteiger partial charge in [-0.05, 0) is 42.5 Å². The second kappa shape index (κ2) is 6.81. The van der Waals surface area contributed by atoms with Gasteiger partial charge in [0.15, 0.2) is 0 Å². The fourth-order valence-electron chi connectivity index (χ4n) is 5.18. The summed E-state index contributed by atoms with van der Waals surface area (Å²) in [4.78, 5) is 5.11. The summed E-state index contributed by atoms with van der Waals surface area (Å²) in [5.74, 6) is 0. The number of aromatic nitrogens is 3.